The van der Waals surface area contributed by atoms with Crippen molar-refractivity contribution < 1.29 is 23.8 Å². The smallest absolute Gasteiger partial charge is 0.337 e. The van der Waals surface area contributed by atoms with E-state index < -0.39 is 28.6 Å². The van der Waals surface area contributed by atoms with Gasteiger partial charge in [-0.25, -0.2) is 4.79 Å². The van der Waals surface area contributed by atoms with Crippen molar-refractivity contribution in [3.05, 3.63) is 111 Å². The monoisotopic (exact) mass is 467 g/mol. The second-order valence-corrected chi connectivity index (χ2v) is 9.21. The number of benzene rings is 3. The minimum atomic E-state index is -2.16. The van der Waals surface area contributed by atoms with Crippen LogP contribution in [0.4, 0.5) is 0 Å². The van der Waals surface area contributed by atoms with Crippen LogP contribution in [0.5, 0.6) is 5.75 Å². The highest BCUT2D eigenvalue weighted by atomic mass is 16.6. The average Bonchev–Trinajstić information content (AvgIpc) is 3.20. The third-order valence-corrected chi connectivity index (χ3v) is 6.92. The van der Waals surface area contributed by atoms with E-state index >= 15 is 0 Å². The first-order chi connectivity index (χ1) is 16.8. The SMILES string of the molecule is CC(C)c1ccc2c(c1)OC1(O)c3ccccc3C(=O)C21NC(=O)c1cc(=O)oc2ccccc12. The zero-order chi connectivity index (χ0) is 24.5. The predicted molar refractivity (Wildman–Crippen MR) is 127 cm³/mol. The van der Waals surface area contributed by atoms with Gasteiger partial charge in [0.2, 0.25) is 11.3 Å². The lowest BCUT2D eigenvalue weighted by atomic mass is 9.82. The Morgan fingerprint density at radius 3 is 2.49 bits per heavy atom. The molecule has 2 unspecified atom stereocenters. The van der Waals surface area contributed by atoms with Gasteiger partial charge in [-0.2, -0.15) is 0 Å². The molecule has 2 aliphatic rings. The van der Waals surface area contributed by atoms with Gasteiger partial charge in [-0.3, -0.25) is 9.59 Å². The van der Waals surface area contributed by atoms with Crippen LogP contribution >= 0.6 is 0 Å². The lowest BCUT2D eigenvalue weighted by molar-refractivity contribution is -0.169. The topological polar surface area (TPSA) is 106 Å². The number of hydrogen-bond acceptors (Lipinski definition) is 6. The van der Waals surface area contributed by atoms with E-state index in [2.05, 4.69) is 5.32 Å². The number of ether oxygens (including phenoxy) is 1. The minimum Gasteiger partial charge on any atom is -0.454 e. The Labute approximate surface area is 200 Å². The average molecular weight is 467 g/mol. The Balaban J connectivity index is 1.57. The lowest BCUT2D eigenvalue weighted by Gasteiger charge is -2.34. The molecule has 6 rings (SSSR count). The van der Waals surface area contributed by atoms with Gasteiger partial charge in [-0.05, 0) is 23.6 Å². The van der Waals surface area contributed by atoms with E-state index in [4.69, 9.17) is 9.15 Å². The molecule has 0 saturated heterocycles. The summed E-state index contributed by atoms with van der Waals surface area (Å²) in [5, 5.41) is 15.2. The molecule has 2 N–H and O–H groups in total. The van der Waals surface area contributed by atoms with Gasteiger partial charge in [0, 0.05) is 28.1 Å². The van der Waals surface area contributed by atoms with Gasteiger partial charge >= 0.3 is 5.63 Å². The summed E-state index contributed by atoms with van der Waals surface area (Å²) >= 11 is 0. The van der Waals surface area contributed by atoms with Crippen LogP contribution in [0, 0.1) is 0 Å². The Kier molecular flexibility index (Phi) is 4.34. The summed E-state index contributed by atoms with van der Waals surface area (Å²) in [6.45, 7) is 4.05. The number of ketones is 1. The molecule has 4 aromatic rings. The number of nitrogens with one attached hydrogen (secondary N) is 1. The molecule has 7 heteroatoms. The zero-order valence-corrected chi connectivity index (χ0v) is 19.0. The number of aliphatic hydroxyl groups is 1. The normalized spacial score (nSPS) is 22.0. The fourth-order valence-corrected chi connectivity index (χ4v) is 5.17. The molecule has 7 nitrogen and oxygen atoms in total. The standard InChI is InChI=1S/C28H21NO6/c1-15(2)16-11-12-21-23(13-16)35-28(33)20-9-5-3-8-18(20)25(31)27(21,28)29-26(32)19-14-24(30)34-22-10-6-4-7-17(19)22/h3-15,33H,1-2H3,(H,29,32). The van der Waals surface area contributed by atoms with Gasteiger partial charge in [-0.1, -0.05) is 68.4 Å². The second-order valence-electron chi connectivity index (χ2n) is 9.21. The van der Waals surface area contributed by atoms with Crippen molar-refractivity contribution in [3.63, 3.8) is 0 Å². The number of carbonyl (C=O) groups is 2. The van der Waals surface area contributed by atoms with E-state index in [1.54, 1.807) is 60.7 Å². The number of hydrogen-bond donors (Lipinski definition) is 2. The van der Waals surface area contributed by atoms with Gasteiger partial charge in [0.1, 0.15) is 11.3 Å². The molecule has 0 fully saturated rings. The highest BCUT2D eigenvalue weighted by Gasteiger charge is 2.71. The van der Waals surface area contributed by atoms with E-state index in [0.29, 0.717) is 16.7 Å². The summed E-state index contributed by atoms with van der Waals surface area (Å²) in [6.07, 6.45) is 0. The van der Waals surface area contributed by atoms with Crippen molar-refractivity contribution in [2.75, 3.05) is 0 Å². The molecule has 0 radical (unpaired) electrons. The van der Waals surface area contributed by atoms with Gasteiger partial charge in [0.05, 0.1) is 5.56 Å². The highest BCUT2D eigenvalue weighted by Crippen LogP contribution is 2.58. The number of Topliss-reactive ketones (excluding diaryl/α,β-unsaturated/α-hetero) is 1. The van der Waals surface area contributed by atoms with E-state index in [9.17, 15) is 19.5 Å². The zero-order valence-electron chi connectivity index (χ0n) is 19.0. The Hall–Kier alpha value is -4.23. The third-order valence-electron chi connectivity index (χ3n) is 6.92. The first kappa shape index (κ1) is 21.3. The molecule has 1 aliphatic carbocycles. The van der Waals surface area contributed by atoms with Crippen molar-refractivity contribution in [1.29, 1.82) is 0 Å². The van der Waals surface area contributed by atoms with Gasteiger partial charge in [0.15, 0.2) is 0 Å². The Morgan fingerprint density at radius 2 is 1.69 bits per heavy atom. The van der Waals surface area contributed by atoms with Crippen molar-refractivity contribution >= 4 is 22.7 Å². The maximum Gasteiger partial charge on any atom is 0.337 e. The van der Waals surface area contributed by atoms with Crippen molar-refractivity contribution in [1.82, 2.24) is 5.32 Å². The highest BCUT2D eigenvalue weighted by molar-refractivity contribution is 6.15. The number of carbonyl (C=O) groups excluding carboxylic acids is 2. The summed E-state index contributed by atoms with van der Waals surface area (Å²) in [5.74, 6) is -2.86. The maximum atomic E-state index is 13.9. The number of fused-ring (bicyclic) bond motifs is 6. The fraction of sp³-hybridized carbons (Fsp3) is 0.179. The second kappa shape index (κ2) is 7.13. The van der Waals surface area contributed by atoms with Crippen LogP contribution < -0.4 is 15.7 Å². The van der Waals surface area contributed by atoms with Crippen molar-refractivity contribution in [2.24, 2.45) is 0 Å². The van der Waals surface area contributed by atoms with Crippen LogP contribution in [-0.2, 0) is 11.3 Å². The van der Waals surface area contributed by atoms with Crippen LogP contribution in [0.15, 0.2) is 82.0 Å². The van der Waals surface area contributed by atoms with Crippen LogP contribution in [-0.4, -0.2) is 16.8 Å². The van der Waals surface area contributed by atoms with Crippen LogP contribution in [0.3, 0.4) is 0 Å². The summed E-state index contributed by atoms with van der Waals surface area (Å²) in [6, 6.07) is 19.7. The largest absolute Gasteiger partial charge is 0.454 e. The molecule has 1 amide bonds. The van der Waals surface area contributed by atoms with Crippen molar-refractivity contribution in [2.45, 2.75) is 31.1 Å². The molecule has 0 bridgehead atoms. The van der Waals surface area contributed by atoms with Crippen LogP contribution in [0.25, 0.3) is 11.0 Å². The molecule has 2 heterocycles. The number of amides is 1. The molecule has 3 aromatic carbocycles. The van der Waals surface area contributed by atoms with E-state index in [-0.39, 0.29) is 28.2 Å². The third kappa shape index (κ3) is 2.73. The van der Waals surface area contributed by atoms with E-state index in [0.717, 1.165) is 11.6 Å². The Bertz CT molecular complexity index is 1620. The molecular formula is C28H21NO6. The minimum absolute atomic E-state index is 0.0320. The Morgan fingerprint density at radius 1 is 0.943 bits per heavy atom. The first-order valence-electron chi connectivity index (χ1n) is 11.3. The molecular weight excluding hydrogens is 446 g/mol. The molecule has 2 atom stereocenters. The van der Waals surface area contributed by atoms with E-state index in [1.807, 2.05) is 19.9 Å². The van der Waals surface area contributed by atoms with Crippen molar-refractivity contribution in [3.8, 4) is 5.75 Å². The predicted octanol–water partition coefficient (Wildman–Crippen LogP) is 3.98. The molecule has 0 saturated carbocycles. The molecule has 174 valence electrons. The van der Waals surface area contributed by atoms with Gasteiger partial charge in [-0.15, -0.1) is 0 Å². The molecule has 1 aliphatic heterocycles. The number of rotatable bonds is 3. The summed E-state index contributed by atoms with van der Waals surface area (Å²) in [4.78, 5) is 39.9. The quantitative estimate of drug-likeness (QED) is 0.442. The van der Waals surface area contributed by atoms with Crippen LogP contribution in [0.1, 0.15) is 57.2 Å². The summed E-state index contributed by atoms with van der Waals surface area (Å²) in [5.41, 5.74) is -0.528. The van der Waals surface area contributed by atoms with E-state index in [1.165, 1.54) is 0 Å². The summed E-state index contributed by atoms with van der Waals surface area (Å²) < 4.78 is 11.3. The van der Waals surface area contributed by atoms with Crippen LogP contribution in [0.2, 0.25) is 0 Å². The molecule has 0 spiro atoms. The maximum absolute atomic E-state index is 13.9. The van der Waals surface area contributed by atoms with Gasteiger partial charge in [0.25, 0.3) is 11.7 Å². The fourth-order valence-electron chi connectivity index (χ4n) is 5.17. The summed E-state index contributed by atoms with van der Waals surface area (Å²) in [7, 11) is 0. The number of para-hydroxylation sites is 1. The molecule has 35 heavy (non-hydrogen) atoms. The molecule has 1 aromatic heterocycles. The first-order valence-corrected chi connectivity index (χ1v) is 11.3. The van der Waals surface area contributed by atoms with Gasteiger partial charge < -0.3 is 19.6 Å². The lowest BCUT2D eigenvalue weighted by Crippen LogP contribution is -2.60.